The average Bonchev–Trinajstić information content (AvgIpc) is 2.99. The van der Waals surface area contributed by atoms with Crippen LogP contribution < -0.4 is 25.3 Å². The number of carbonyl (C=O) groups is 2. The molecule has 0 fully saturated rings. The number of amides is 1. The lowest BCUT2D eigenvalue weighted by atomic mass is 9.98. The molecule has 0 heterocycles. The highest BCUT2D eigenvalue weighted by Crippen LogP contribution is 2.34. The first kappa shape index (κ1) is 35.5. The van der Waals surface area contributed by atoms with E-state index in [4.69, 9.17) is 47.9 Å². The molecule has 3 aromatic carbocycles. The zero-order chi connectivity index (χ0) is 31.9. The Labute approximate surface area is 277 Å². The normalized spacial score (nSPS) is 11.5. The Morgan fingerprint density at radius 2 is 1.66 bits per heavy atom. The quantitative estimate of drug-likeness (QED) is 0.107. The van der Waals surface area contributed by atoms with Crippen LogP contribution >= 0.6 is 39.1 Å². The van der Waals surface area contributed by atoms with Gasteiger partial charge in [0.1, 0.15) is 24.7 Å². The summed E-state index contributed by atoms with van der Waals surface area (Å²) in [4.78, 5) is 24.5. The molecule has 0 aliphatic carbocycles. The Kier molecular flexibility index (Phi) is 15.1. The first-order valence-electron chi connectivity index (χ1n) is 14.6. The van der Waals surface area contributed by atoms with Crippen molar-refractivity contribution in [3.63, 3.8) is 0 Å². The van der Waals surface area contributed by atoms with Crippen molar-refractivity contribution in [2.75, 3.05) is 33.0 Å². The fourth-order valence-electron chi connectivity index (χ4n) is 4.33. The average molecular weight is 710 g/mol. The summed E-state index contributed by atoms with van der Waals surface area (Å²) in [7, 11) is 0. The molecule has 1 unspecified atom stereocenters. The van der Waals surface area contributed by atoms with E-state index < -0.39 is 5.92 Å². The van der Waals surface area contributed by atoms with Gasteiger partial charge in [-0.2, -0.15) is 0 Å². The van der Waals surface area contributed by atoms with Gasteiger partial charge in [0, 0.05) is 19.5 Å². The van der Waals surface area contributed by atoms with Gasteiger partial charge < -0.3 is 30.0 Å². The monoisotopic (exact) mass is 708 g/mol. The topological polar surface area (TPSA) is 109 Å². The number of nitrogens with one attached hydrogen (secondary N) is 1. The van der Waals surface area contributed by atoms with Crippen LogP contribution in [0.15, 0.2) is 59.1 Å². The highest BCUT2D eigenvalue weighted by molar-refractivity contribution is 9.10. The number of halogens is 3. The molecule has 0 spiro atoms. The second kappa shape index (κ2) is 18.7. The van der Waals surface area contributed by atoms with Crippen molar-refractivity contribution in [2.24, 2.45) is 11.7 Å². The highest BCUT2D eigenvalue weighted by atomic mass is 79.9. The maximum Gasteiger partial charge on any atom is 0.305 e. The van der Waals surface area contributed by atoms with Crippen LogP contribution in [-0.4, -0.2) is 44.8 Å². The maximum atomic E-state index is 13.0. The van der Waals surface area contributed by atoms with Gasteiger partial charge in [0.05, 0.1) is 33.6 Å². The summed E-state index contributed by atoms with van der Waals surface area (Å²) in [5.41, 5.74) is 8.78. The van der Waals surface area contributed by atoms with Crippen LogP contribution in [0.2, 0.25) is 10.0 Å². The number of rotatable bonds is 18. The molecule has 0 aliphatic heterocycles. The molecule has 3 aromatic rings. The van der Waals surface area contributed by atoms with Crippen molar-refractivity contribution in [2.45, 2.75) is 46.1 Å². The number of esters is 1. The molecule has 0 saturated carbocycles. The van der Waals surface area contributed by atoms with Gasteiger partial charge >= 0.3 is 5.97 Å². The lowest BCUT2D eigenvalue weighted by molar-refractivity contribution is -0.143. The van der Waals surface area contributed by atoms with Gasteiger partial charge in [-0.1, -0.05) is 47.5 Å². The SMILES string of the molecule is CCOC(=O)CCCCOc1cccc(CNC(=O)C(CN)Cc2ccc(OCCOc3c(Cl)cc(C)cc3Cl)cc2)c1Br. The number of aryl methyl sites for hydroxylation is 1. The number of ether oxygens (including phenoxy) is 4. The summed E-state index contributed by atoms with van der Waals surface area (Å²) < 4.78 is 23.1. The fourth-order valence-corrected chi connectivity index (χ4v) is 5.56. The Balaban J connectivity index is 1.42. The zero-order valence-corrected chi connectivity index (χ0v) is 28.1. The minimum atomic E-state index is -0.392. The summed E-state index contributed by atoms with van der Waals surface area (Å²) in [5, 5.41) is 3.92. The van der Waals surface area contributed by atoms with Gasteiger partial charge in [0.15, 0.2) is 5.75 Å². The Hall–Kier alpha value is -2.98. The Morgan fingerprint density at radius 3 is 2.34 bits per heavy atom. The molecule has 0 radical (unpaired) electrons. The minimum absolute atomic E-state index is 0.129. The van der Waals surface area contributed by atoms with Crippen LogP contribution in [0.1, 0.15) is 42.9 Å². The molecule has 238 valence electrons. The van der Waals surface area contributed by atoms with Gasteiger partial charge in [-0.25, -0.2) is 0 Å². The third-order valence-corrected chi connectivity index (χ3v) is 8.10. The first-order valence-corrected chi connectivity index (χ1v) is 16.1. The van der Waals surface area contributed by atoms with Crippen LogP contribution in [0, 0.1) is 12.8 Å². The van der Waals surface area contributed by atoms with E-state index in [0.29, 0.717) is 72.9 Å². The number of hydrogen-bond acceptors (Lipinski definition) is 7. The predicted molar refractivity (Wildman–Crippen MR) is 177 cm³/mol. The van der Waals surface area contributed by atoms with Crippen molar-refractivity contribution >= 4 is 51.0 Å². The molecular weight excluding hydrogens is 671 g/mol. The molecule has 8 nitrogen and oxygen atoms in total. The second-order valence-electron chi connectivity index (χ2n) is 10.1. The van der Waals surface area contributed by atoms with E-state index in [9.17, 15) is 9.59 Å². The molecule has 3 rings (SSSR count). The zero-order valence-electron chi connectivity index (χ0n) is 25.0. The number of unbranched alkanes of at least 4 members (excludes halogenated alkanes) is 1. The van der Waals surface area contributed by atoms with E-state index in [1.165, 1.54) is 0 Å². The fraction of sp³-hybridized carbons (Fsp3) is 0.394. The molecule has 0 aliphatic rings. The van der Waals surface area contributed by atoms with Gasteiger partial charge in [0.25, 0.3) is 0 Å². The van der Waals surface area contributed by atoms with Crippen LogP contribution in [0.5, 0.6) is 17.2 Å². The number of hydrogen-bond donors (Lipinski definition) is 2. The summed E-state index contributed by atoms with van der Waals surface area (Å²) in [6.07, 6.45) is 2.29. The van der Waals surface area contributed by atoms with Crippen LogP contribution in [-0.2, 0) is 27.3 Å². The molecule has 0 bridgehead atoms. The van der Waals surface area contributed by atoms with E-state index in [-0.39, 0.29) is 25.0 Å². The molecule has 0 aromatic heterocycles. The smallest absolute Gasteiger partial charge is 0.305 e. The Bertz CT molecular complexity index is 1350. The third kappa shape index (κ3) is 11.5. The maximum absolute atomic E-state index is 13.0. The molecule has 44 heavy (non-hydrogen) atoms. The number of nitrogens with two attached hydrogens (primary N) is 1. The lowest BCUT2D eigenvalue weighted by Crippen LogP contribution is -2.36. The summed E-state index contributed by atoms with van der Waals surface area (Å²) >= 11 is 16.0. The number of benzene rings is 3. The van der Waals surface area contributed by atoms with E-state index in [2.05, 4.69) is 21.2 Å². The Morgan fingerprint density at radius 1 is 0.955 bits per heavy atom. The summed E-state index contributed by atoms with van der Waals surface area (Å²) in [6, 6.07) is 16.8. The van der Waals surface area contributed by atoms with Gasteiger partial charge in [-0.3, -0.25) is 9.59 Å². The van der Waals surface area contributed by atoms with E-state index in [0.717, 1.165) is 27.6 Å². The molecule has 1 atom stereocenters. The third-order valence-electron chi connectivity index (χ3n) is 6.64. The highest BCUT2D eigenvalue weighted by Gasteiger charge is 2.18. The summed E-state index contributed by atoms with van der Waals surface area (Å²) in [5.74, 6) is 1.09. The molecule has 11 heteroatoms. The van der Waals surface area contributed by atoms with Crippen molar-refractivity contribution in [1.29, 1.82) is 0 Å². The van der Waals surface area contributed by atoms with Gasteiger partial charge in [-0.05, 0) is 96.1 Å². The minimum Gasteiger partial charge on any atom is -0.492 e. The van der Waals surface area contributed by atoms with Gasteiger partial charge in [0.2, 0.25) is 5.91 Å². The molecule has 1 amide bonds. The summed E-state index contributed by atoms with van der Waals surface area (Å²) in [6.45, 7) is 5.69. The van der Waals surface area contributed by atoms with Crippen molar-refractivity contribution in [1.82, 2.24) is 5.32 Å². The van der Waals surface area contributed by atoms with Crippen molar-refractivity contribution < 1.29 is 28.5 Å². The standard InChI is InChI=1S/C33H39BrCl2N2O6/c1-3-41-30(39)9-4-5-14-43-29-8-6-7-24(31(29)34)21-38-33(40)25(20-37)19-23-10-12-26(13-11-23)42-15-16-44-32-27(35)17-22(2)18-28(32)36/h6-8,10-13,17-18,25H,3-5,9,14-16,19-21,37H2,1-2H3,(H,38,40). The second-order valence-corrected chi connectivity index (χ2v) is 11.7. The van der Waals surface area contributed by atoms with Crippen molar-refractivity contribution in [3.8, 4) is 17.2 Å². The molecular formula is C33H39BrCl2N2O6. The predicted octanol–water partition coefficient (Wildman–Crippen LogP) is 7.07. The van der Waals surface area contributed by atoms with Crippen LogP contribution in [0.3, 0.4) is 0 Å². The largest absolute Gasteiger partial charge is 0.492 e. The number of carbonyl (C=O) groups excluding carboxylic acids is 2. The van der Waals surface area contributed by atoms with E-state index >= 15 is 0 Å². The van der Waals surface area contributed by atoms with Crippen molar-refractivity contribution in [3.05, 3.63) is 85.8 Å². The van der Waals surface area contributed by atoms with E-state index in [1.54, 1.807) is 19.1 Å². The van der Waals surface area contributed by atoms with Crippen LogP contribution in [0.4, 0.5) is 0 Å². The lowest BCUT2D eigenvalue weighted by Gasteiger charge is -2.17. The van der Waals surface area contributed by atoms with Crippen LogP contribution in [0.25, 0.3) is 0 Å². The van der Waals surface area contributed by atoms with E-state index in [1.807, 2.05) is 49.4 Å². The van der Waals surface area contributed by atoms with Gasteiger partial charge in [-0.15, -0.1) is 0 Å². The molecule has 0 saturated heterocycles. The first-order chi connectivity index (χ1) is 21.2. The molecule has 3 N–H and O–H groups in total.